The molecule has 0 spiro atoms. The molecular formula is C22H27F3N4O2. The number of pyridine rings is 1. The molecule has 3 rings (SSSR count). The van der Waals surface area contributed by atoms with Crippen LogP contribution in [0.4, 0.5) is 13.2 Å². The number of rotatable bonds is 7. The van der Waals surface area contributed by atoms with E-state index in [1.54, 1.807) is 24.4 Å². The minimum atomic E-state index is -4.76. The first-order valence-corrected chi connectivity index (χ1v) is 10.2. The molecule has 0 unspecified atom stereocenters. The number of likely N-dealkylation sites (N-methyl/N-ethyl adjacent to an activating group) is 1. The van der Waals surface area contributed by atoms with Crippen LogP contribution in [0.15, 0.2) is 42.6 Å². The summed E-state index contributed by atoms with van der Waals surface area (Å²) >= 11 is 0. The van der Waals surface area contributed by atoms with Crippen molar-refractivity contribution in [3.8, 4) is 17.0 Å². The van der Waals surface area contributed by atoms with Crippen LogP contribution in [0.25, 0.3) is 11.3 Å². The van der Waals surface area contributed by atoms with E-state index >= 15 is 0 Å². The van der Waals surface area contributed by atoms with Crippen molar-refractivity contribution in [1.82, 2.24) is 19.7 Å². The van der Waals surface area contributed by atoms with Crippen molar-refractivity contribution in [2.45, 2.75) is 19.3 Å². The minimum absolute atomic E-state index is 0.166. The number of carbonyl (C=O) groups is 1. The summed E-state index contributed by atoms with van der Waals surface area (Å²) < 4.78 is 42.1. The molecule has 1 fully saturated rings. The van der Waals surface area contributed by atoms with Crippen LogP contribution >= 0.6 is 0 Å². The van der Waals surface area contributed by atoms with Crippen molar-refractivity contribution in [3.63, 3.8) is 0 Å². The normalized spacial score (nSPS) is 15.9. The molecule has 0 radical (unpaired) electrons. The van der Waals surface area contributed by atoms with Gasteiger partial charge in [-0.25, -0.2) is 0 Å². The van der Waals surface area contributed by atoms with Crippen molar-refractivity contribution in [2.75, 3.05) is 46.8 Å². The molecular weight excluding hydrogens is 409 g/mol. The van der Waals surface area contributed by atoms with Crippen LogP contribution in [0.1, 0.15) is 12.0 Å². The number of hydrogen-bond acceptors (Lipinski definition) is 5. The number of para-hydroxylation sites is 1. The number of amides is 1. The Morgan fingerprint density at radius 3 is 2.55 bits per heavy atom. The monoisotopic (exact) mass is 436 g/mol. The van der Waals surface area contributed by atoms with Gasteiger partial charge in [-0.3, -0.25) is 14.7 Å². The molecule has 1 aliphatic heterocycles. The highest BCUT2D eigenvalue weighted by atomic mass is 19.4. The van der Waals surface area contributed by atoms with Gasteiger partial charge in [0.1, 0.15) is 5.75 Å². The molecule has 1 aliphatic rings. The molecule has 31 heavy (non-hydrogen) atoms. The van der Waals surface area contributed by atoms with E-state index in [0.717, 1.165) is 25.2 Å². The molecule has 2 heterocycles. The molecule has 2 aromatic rings. The molecule has 0 aliphatic carbocycles. The summed E-state index contributed by atoms with van der Waals surface area (Å²) in [5, 5.41) is 0. The second-order valence-electron chi connectivity index (χ2n) is 7.81. The number of benzene rings is 1. The van der Waals surface area contributed by atoms with Gasteiger partial charge in [0.25, 0.3) is 0 Å². The third kappa shape index (κ3) is 6.93. The Balaban J connectivity index is 1.63. The quantitative estimate of drug-likeness (QED) is 0.667. The molecule has 1 aromatic carbocycles. The number of ether oxygens (including phenoxy) is 1. The van der Waals surface area contributed by atoms with E-state index in [2.05, 4.69) is 19.5 Å². The third-order valence-corrected chi connectivity index (χ3v) is 5.12. The fraction of sp³-hybridized carbons (Fsp3) is 0.455. The molecule has 1 saturated heterocycles. The average molecular weight is 436 g/mol. The van der Waals surface area contributed by atoms with Crippen molar-refractivity contribution < 1.29 is 22.7 Å². The lowest BCUT2D eigenvalue weighted by Crippen LogP contribution is -2.37. The number of nitrogens with zero attached hydrogens (tertiary/aromatic N) is 4. The SMILES string of the molecule is CN(C)CCN1CCN(Cc2ccc(-c3ccccc3OC(F)(F)F)nc2)CCC1=O. The van der Waals surface area contributed by atoms with Gasteiger partial charge >= 0.3 is 6.36 Å². The van der Waals surface area contributed by atoms with Crippen molar-refractivity contribution in [3.05, 3.63) is 48.2 Å². The van der Waals surface area contributed by atoms with E-state index < -0.39 is 6.36 Å². The zero-order valence-corrected chi connectivity index (χ0v) is 17.7. The van der Waals surface area contributed by atoms with Gasteiger partial charge in [-0.05, 0) is 37.9 Å². The highest BCUT2D eigenvalue weighted by molar-refractivity contribution is 5.76. The van der Waals surface area contributed by atoms with Crippen molar-refractivity contribution in [1.29, 1.82) is 0 Å². The molecule has 0 saturated carbocycles. The Kier molecular flexibility index (Phi) is 7.50. The van der Waals surface area contributed by atoms with Gasteiger partial charge in [-0.15, -0.1) is 13.2 Å². The summed E-state index contributed by atoms with van der Waals surface area (Å²) in [5.41, 5.74) is 1.62. The van der Waals surface area contributed by atoms with Gasteiger partial charge in [-0.2, -0.15) is 0 Å². The van der Waals surface area contributed by atoms with Crippen LogP contribution in [-0.4, -0.2) is 78.8 Å². The maximum atomic E-state index is 12.7. The molecule has 1 amide bonds. The summed E-state index contributed by atoms with van der Waals surface area (Å²) in [6.45, 7) is 4.29. The van der Waals surface area contributed by atoms with E-state index in [4.69, 9.17) is 0 Å². The van der Waals surface area contributed by atoms with E-state index in [9.17, 15) is 18.0 Å². The van der Waals surface area contributed by atoms with Gasteiger partial charge in [0, 0.05) is 57.4 Å². The largest absolute Gasteiger partial charge is 0.573 e. The van der Waals surface area contributed by atoms with Gasteiger partial charge < -0.3 is 14.5 Å². The summed E-state index contributed by atoms with van der Waals surface area (Å²) in [6.07, 6.45) is -2.63. The molecule has 9 heteroatoms. The molecule has 168 valence electrons. The predicted octanol–water partition coefficient (Wildman–Crippen LogP) is 3.24. The minimum Gasteiger partial charge on any atom is -0.405 e. The second-order valence-corrected chi connectivity index (χ2v) is 7.81. The lowest BCUT2D eigenvalue weighted by Gasteiger charge is -2.23. The molecule has 0 bridgehead atoms. The Labute approximate surface area is 180 Å². The molecule has 6 nitrogen and oxygen atoms in total. The standard InChI is InChI=1S/C22H27F3N4O2/c1-27(2)11-13-29-14-12-28(10-9-21(29)30)16-17-7-8-19(26-15-17)18-5-3-4-6-20(18)31-22(23,24)25/h3-8,15H,9-14,16H2,1-2H3. The zero-order chi connectivity index (χ0) is 22.4. The van der Waals surface area contributed by atoms with Gasteiger partial charge in [0.2, 0.25) is 5.91 Å². The van der Waals surface area contributed by atoms with Gasteiger partial charge in [0.15, 0.2) is 0 Å². The van der Waals surface area contributed by atoms with E-state index in [0.29, 0.717) is 31.7 Å². The van der Waals surface area contributed by atoms with Crippen LogP contribution in [0, 0.1) is 0 Å². The number of hydrogen-bond donors (Lipinski definition) is 0. The number of aromatic nitrogens is 1. The van der Waals surface area contributed by atoms with Gasteiger partial charge in [-0.1, -0.05) is 18.2 Å². The van der Waals surface area contributed by atoms with Crippen LogP contribution in [0.2, 0.25) is 0 Å². The maximum Gasteiger partial charge on any atom is 0.573 e. The van der Waals surface area contributed by atoms with Crippen LogP contribution in [0.5, 0.6) is 5.75 Å². The Hall–Kier alpha value is -2.65. The fourth-order valence-electron chi connectivity index (χ4n) is 3.45. The smallest absolute Gasteiger partial charge is 0.405 e. The first kappa shape index (κ1) is 23.0. The molecule has 1 aromatic heterocycles. The van der Waals surface area contributed by atoms with Crippen LogP contribution < -0.4 is 4.74 Å². The summed E-state index contributed by atoms with van der Waals surface area (Å²) in [4.78, 5) is 22.8. The Bertz CT molecular complexity index is 872. The first-order chi connectivity index (χ1) is 14.7. The number of carbonyl (C=O) groups excluding carboxylic acids is 1. The van der Waals surface area contributed by atoms with Crippen LogP contribution in [0.3, 0.4) is 0 Å². The molecule has 0 N–H and O–H groups in total. The van der Waals surface area contributed by atoms with E-state index in [-0.39, 0.29) is 17.2 Å². The lowest BCUT2D eigenvalue weighted by molar-refractivity contribution is -0.274. The third-order valence-electron chi connectivity index (χ3n) is 5.12. The van der Waals surface area contributed by atoms with Crippen LogP contribution in [-0.2, 0) is 11.3 Å². The fourth-order valence-corrected chi connectivity index (χ4v) is 3.45. The van der Waals surface area contributed by atoms with E-state index in [1.807, 2.05) is 25.1 Å². The lowest BCUT2D eigenvalue weighted by atomic mass is 10.1. The highest BCUT2D eigenvalue weighted by Crippen LogP contribution is 2.32. The predicted molar refractivity (Wildman–Crippen MR) is 111 cm³/mol. The van der Waals surface area contributed by atoms with Crippen molar-refractivity contribution in [2.24, 2.45) is 0 Å². The summed E-state index contributed by atoms with van der Waals surface area (Å²) in [6, 6.07) is 9.50. The van der Waals surface area contributed by atoms with E-state index in [1.165, 1.54) is 12.1 Å². The second kappa shape index (κ2) is 10.1. The number of halogens is 3. The van der Waals surface area contributed by atoms with Gasteiger partial charge in [0.05, 0.1) is 5.69 Å². The number of alkyl halides is 3. The highest BCUT2D eigenvalue weighted by Gasteiger charge is 2.32. The molecule has 0 atom stereocenters. The average Bonchev–Trinajstić information content (AvgIpc) is 2.88. The van der Waals surface area contributed by atoms with Crippen molar-refractivity contribution >= 4 is 5.91 Å². The Morgan fingerprint density at radius 1 is 1.10 bits per heavy atom. The topological polar surface area (TPSA) is 48.9 Å². The maximum absolute atomic E-state index is 12.7. The zero-order valence-electron chi connectivity index (χ0n) is 17.7. The Morgan fingerprint density at radius 2 is 1.87 bits per heavy atom. The first-order valence-electron chi connectivity index (χ1n) is 10.2. The summed E-state index contributed by atoms with van der Waals surface area (Å²) in [7, 11) is 3.97. The summed E-state index contributed by atoms with van der Waals surface area (Å²) in [5.74, 6) is -0.113.